The summed E-state index contributed by atoms with van der Waals surface area (Å²) in [6.07, 6.45) is 5.87. The van der Waals surface area contributed by atoms with Crippen LogP contribution in [0.3, 0.4) is 0 Å². The van der Waals surface area contributed by atoms with Gasteiger partial charge in [0.1, 0.15) is 12.0 Å². The molecule has 2 aliphatic rings. The molecule has 0 unspecified atom stereocenters. The van der Waals surface area contributed by atoms with Gasteiger partial charge in [-0.1, -0.05) is 6.07 Å². The maximum absolute atomic E-state index is 13.1. The van der Waals surface area contributed by atoms with E-state index >= 15 is 0 Å². The largest absolute Gasteiger partial charge is 0.309 e. The third-order valence-electron chi connectivity index (χ3n) is 5.70. The standard InChI is InChI=1S/C21H19N7O2/c29-20(23-18-7-8-19-24-22-11-27(19)26-18)10-16-21(30)15-6-3-13(12-1-2-12)9-17(15)28(25-16)14-4-5-14/h3,6-9,11-12,14H,1-2,4-5,10H2,(H,23,26,29). The number of amides is 1. The molecule has 0 aliphatic heterocycles. The van der Waals surface area contributed by atoms with E-state index < -0.39 is 0 Å². The van der Waals surface area contributed by atoms with Crippen LogP contribution >= 0.6 is 0 Å². The number of hydrogen-bond acceptors (Lipinski definition) is 6. The number of carbonyl (C=O) groups excluding carboxylic acids is 1. The minimum Gasteiger partial charge on any atom is -0.309 e. The molecule has 0 atom stereocenters. The molecule has 1 amide bonds. The monoisotopic (exact) mass is 401 g/mol. The van der Waals surface area contributed by atoms with Crippen molar-refractivity contribution < 1.29 is 4.79 Å². The number of nitrogens with one attached hydrogen (secondary N) is 1. The minimum atomic E-state index is -0.337. The summed E-state index contributed by atoms with van der Waals surface area (Å²) in [5.41, 5.74) is 2.83. The SMILES string of the molecule is O=C(Cc1nn(C2CC2)c2cc(C3CC3)ccc2c1=O)Nc1ccc2nncn2n1. The van der Waals surface area contributed by atoms with Crippen molar-refractivity contribution >= 4 is 28.3 Å². The van der Waals surface area contributed by atoms with Gasteiger partial charge in [0, 0.05) is 5.39 Å². The van der Waals surface area contributed by atoms with Crippen molar-refractivity contribution in [3.63, 3.8) is 0 Å². The quantitative estimate of drug-likeness (QED) is 0.550. The Kier molecular flexibility index (Phi) is 3.71. The van der Waals surface area contributed by atoms with Gasteiger partial charge in [0.2, 0.25) is 11.3 Å². The molecule has 2 fully saturated rings. The first-order chi connectivity index (χ1) is 14.7. The Hall–Kier alpha value is -3.62. The number of aromatic nitrogens is 6. The van der Waals surface area contributed by atoms with Crippen LogP contribution in [-0.4, -0.2) is 35.5 Å². The van der Waals surface area contributed by atoms with Crippen LogP contribution in [0.5, 0.6) is 0 Å². The third-order valence-corrected chi connectivity index (χ3v) is 5.70. The van der Waals surface area contributed by atoms with Crippen LogP contribution in [0, 0.1) is 0 Å². The minimum absolute atomic E-state index is 0.103. The fraction of sp³-hybridized carbons (Fsp3) is 0.333. The van der Waals surface area contributed by atoms with Gasteiger partial charge < -0.3 is 5.32 Å². The smallest absolute Gasteiger partial charge is 0.231 e. The first kappa shape index (κ1) is 17.3. The molecule has 0 radical (unpaired) electrons. The van der Waals surface area contributed by atoms with E-state index in [-0.39, 0.29) is 23.5 Å². The van der Waals surface area contributed by atoms with E-state index in [0.29, 0.717) is 28.8 Å². The molecule has 1 aromatic carbocycles. The highest BCUT2D eigenvalue weighted by molar-refractivity contribution is 5.91. The van der Waals surface area contributed by atoms with Gasteiger partial charge in [-0.05, 0) is 61.4 Å². The lowest BCUT2D eigenvalue weighted by molar-refractivity contribution is -0.115. The second-order valence-corrected chi connectivity index (χ2v) is 8.08. The molecule has 2 saturated carbocycles. The van der Waals surface area contributed by atoms with E-state index in [1.54, 1.807) is 12.1 Å². The van der Waals surface area contributed by atoms with Crippen molar-refractivity contribution in [1.82, 2.24) is 29.6 Å². The molecule has 3 heterocycles. The van der Waals surface area contributed by atoms with Crippen LogP contribution in [0.25, 0.3) is 16.6 Å². The number of carbonyl (C=O) groups is 1. The number of fused-ring (bicyclic) bond motifs is 2. The molecule has 4 aromatic rings. The summed E-state index contributed by atoms with van der Waals surface area (Å²) in [4.78, 5) is 25.7. The molecule has 0 saturated heterocycles. The van der Waals surface area contributed by atoms with Crippen molar-refractivity contribution in [2.45, 2.75) is 44.1 Å². The Morgan fingerprint density at radius 3 is 2.77 bits per heavy atom. The predicted octanol–water partition coefficient (Wildman–Crippen LogP) is 2.23. The van der Waals surface area contributed by atoms with Gasteiger partial charge in [0.15, 0.2) is 11.5 Å². The molecular weight excluding hydrogens is 382 g/mol. The predicted molar refractivity (Wildman–Crippen MR) is 109 cm³/mol. The molecule has 9 heteroatoms. The summed E-state index contributed by atoms with van der Waals surface area (Å²) in [6.45, 7) is 0. The van der Waals surface area contributed by atoms with Crippen LogP contribution in [0.2, 0.25) is 0 Å². The highest BCUT2D eigenvalue weighted by Crippen LogP contribution is 2.42. The lowest BCUT2D eigenvalue weighted by atomic mass is 10.1. The normalized spacial score (nSPS) is 16.3. The fourth-order valence-corrected chi connectivity index (χ4v) is 3.83. The van der Waals surface area contributed by atoms with E-state index in [4.69, 9.17) is 0 Å². The zero-order chi connectivity index (χ0) is 20.2. The Bertz CT molecular complexity index is 1370. The average Bonchev–Trinajstić information content (AvgIpc) is 3.67. The van der Waals surface area contributed by atoms with Crippen molar-refractivity contribution in [1.29, 1.82) is 0 Å². The summed E-state index contributed by atoms with van der Waals surface area (Å²) in [7, 11) is 0. The van der Waals surface area contributed by atoms with Crippen LogP contribution < -0.4 is 10.7 Å². The van der Waals surface area contributed by atoms with Crippen LogP contribution in [-0.2, 0) is 11.2 Å². The molecule has 150 valence electrons. The summed E-state index contributed by atoms with van der Waals surface area (Å²) < 4.78 is 3.42. The Morgan fingerprint density at radius 2 is 1.97 bits per heavy atom. The lowest BCUT2D eigenvalue weighted by Gasteiger charge is -2.12. The number of rotatable bonds is 5. The molecule has 0 bridgehead atoms. The third kappa shape index (κ3) is 3.02. The maximum Gasteiger partial charge on any atom is 0.231 e. The zero-order valence-electron chi connectivity index (χ0n) is 16.2. The van der Waals surface area contributed by atoms with Crippen LogP contribution in [0.1, 0.15) is 48.9 Å². The lowest BCUT2D eigenvalue weighted by Crippen LogP contribution is -2.25. The summed E-state index contributed by atoms with van der Waals surface area (Å²) in [6, 6.07) is 9.72. The average molecular weight is 401 g/mol. The van der Waals surface area contributed by atoms with Gasteiger partial charge >= 0.3 is 0 Å². The van der Waals surface area contributed by atoms with E-state index in [1.165, 1.54) is 29.2 Å². The van der Waals surface area contributed by atoms with Crippen molar-refractivity contribution in [2.24, 2.45) is 0 Å². The van der Waals surface area contributed by atoms with E-state index in [0.717, 1.165) is 18.4 Å². The topological polar surface area (TPSA) is 107 Å². The van der Waals surface area contributed by atoms with Gasteiger partial charge in [-0.15, -0.1) is 15.3 Å². The van der Waals surface area contributed by atoms with Gasteiger partial charge in [-0.25, -0.2) is 0 Å². The summed E-state index contributed by atoms with van der Waals surface area (Å²) >= 11 is 0. The van der Waals surface area contributed by atoms with Crippen LogP contribution in [0.4, 0.5) is 5.82 Å². The van der Waals surface area contributed by atoms with Gasteiger partial charge in [0.05, 0.1) is 18.0 Å². The molecule has 3 aromatic heterocycles. The molecule has 9 nitrogen and oxygen atoms in total. The number of hydrogen-bond donors (Lipinski definition) is 1. The molecular formula is C21H19N7O2. The highest BCUT2D eigenvalue weighted by Gasteiger charge is 2.29. The highest BCUT2D eigenvalue weighted by atomic mass is 16.2. The molecule has 2 aliphatic carbocycles. The zero-order valence-corrected chi connectivity index (χ0v) is 16.2. The van der Waals surface area contributed by atoms with Crippen molar-refractivity contribution in [3.8, 4) is 0 Å². The Labute approximate surface area is 170 Å². The summed E-state index contributed by atoms with van der Waals surface area (Å²) in [5.74, 6) is 0.638. The second kappa shape index (κ2) is 6.45. The Morgan fingerprint density at radius 1 is 1.10 bits per heavy atom. The molecule has 1 N–H and O–H groups in total. The first-order valence-electron chi connectivity index (χ1n) is 10.2. The molecule has 30 heavy (non-hydrogen) atoms. The second-order valence-electron chi connectivity index (χ2n) is 8.08. The Balaban J connectivity index is 1.32. The summed E-state index contributed by atoms with van der Waals surface area (Å²) in [5, 5.41) is 19.8. The van der Waals surface area contributed by atoms with E-state index in [1.807, 2.05) is 16.8 Å². The molecule has 6 rings (SSSR count). The number of anilines is 1. The van der Waals surface area contributed by atoms with E-state index in [9.17, 15) is 9.59 Å². The molecule has 0 spiro atoms. The number of benzene rings is 1. The van der Waals surface area contributed by atoms with Gasteiger partial charge in [-0.2, -0.15) is 9.61 Å². The van der Waals surface area contributed by atoms with Gasteiger partial charge in [0.25, 0.3) is 0 Å². The fourth-order valence-electron chi connectivity index (χ4n) is 3.83. The maximum atomic E-state index is 13.1. The van der Waals surface area contributed by atoms with Gasteiger partial charge in [-0.3, -0.25) is 14.3 Å². The van der Waals surface area contributed by atoms with Crippen molar-refractivity contribution in [2.75, 3.05) is 5.32 Å². The van der Waals surface area contributed by atoms with E-state index in [2.05, 4.69) is 31.8 Å². The van der Waals surface area contributed by atoms with Crippen LogP contribution in [0.15, 0.2) is 41.5 Å². The first-order valence-corrected chi connectivity index (χ1v) is 10.2. The number of nitrogens with zero attached hydrogens (tertiary/aromatic N) is 6. The van der Waals surface area contributed by atoms with Crippen molar-refractivity contribution in [3.05, 3.63) is 58.1 Å².